The van der Waals surface area contributed by atoms with Gasteiger partial charge in [0.15, 0.2) is 5.84 Å². The lowest BCUT2D eigenvalue weighted by Gasteiger charge is -2.39. The number of rotatable bonds is 5. The van der Waals surface area contributed by atoms with Crippen LogP contribution in [0.3, 0.4) is 0 Å². The van der Waals surface area contributed by atoms with Gasteiger partial charge < -0.3 is 4.74 Å². The Kier molecular flexibility index (Phi) is 9.07. The normalized spacial score (nSPS) is 15.7. The molecular weight excluding hydrogens is 815 g/mol. The molecule has 0 atom stereocenters. The Morgan fingerprint density at radius 3 is 1.73 bits per heavy atom. The van der Waals surface area contributed by atoms with E-state index in [9.17, 15) is 0 Å². The second-order valence-corrected chi connectivity index (χ2v) is 17.8. The fourth-order valence-corrected chi connectivity index (χ4v) is 10.9. The molecule has 2 aliphatic heterocycles. The molecule has 1 aromatic heterocycles. The average Bonchev–Trinajstić information content (AvgIpc) is 3.67. The summed E-state index contributed by atoms with van der Waals surface area (Å²) in [5.74, 6) is 2.49. The minimum atomic E-state index is -0.589. The van der Waals surface area contributed by atoms with Gasteiger partial charge in [-0.1, -0.05) is 176 Å². The molecule has 9 aromatic carbocycles. The summed E-state index contributed by atoms with van der Waals surface area (Å²) in [5.41, 5.74) is 18.4. The predicted molar refractivity (Wildman–Crippen MR) is 275 cm³/mol. The minimum absolute atomic E-state index is 0.589. The number of pyridine rings is 1. The molecule has 316 valence electrons. The third-order valence-electron chi connectivity index (χ3n) is 14.0. The van der Waals surface area contributed by atoms with Crippen molar-refractivity contribution in [1.29, 1.82) is 0 Å². The summed E-state index contributed by atoms with van der Waals surface area (Å²) in [6.45, 7) is 2.22. The van der Waals surface area contributed by atoms with Crippen LogP contribution in [0.15, 0.2) is 234 Å². The van der Waals surface area contributed by atoms with E-state index in [2.05, 4.69) is 219 Å². The van der Waals surface area contributed by atoms with Gasteiger partial charge in [0.05, 0.1) is 28.0 Å². The standard InChI is InChI=1S/C63H43N3O/c1-40-32-34-56(41-18-5-2-6-19-41)65-62(43-22-9-4-10-23-43)66-60(40)46-25-17-24-44(36-46)45-33-35-57-50(37-45)48-39-55-49(38-51(48)61(64-57)42-20-7-3-8-21-42)47-26-11-12-27-52(47)63(55)53-28-13-15-30-58(53)67-59-31-16-14-29-54(59)63/h2-31,33,35-39H,32,34H2,1H3/b60-40+,65-56?,66-62?. The maximum Gasteiger partial charge on any atom is 0.160 e. The van der Waals surface area contributed by atoms with Gasteiger partial charge in [-0.2, -0.15) is 0 Å². The van der Waals surface area contributed by atoms with Crippen molar-refractivity contribution < 1.29 is 4.74 Å². The van der Waals surface area contributed by atoms with Crippen LogP contribution in [0.1, 0.15) is 58.7 Å². The largest absolute Gasteiger partial charge is 0.457 e. The summed E-state index contributed by atoms with van der Waals surface area (Å²) in [6.07, 6.45) is 1.67. The van der Waals surface area contributed by atoms with Crippen LogP contribution in [-0.2, 0) is 5.41 Å². The van der Waals surface area contributed by atoms with Crippen LogP contribution < -0.4 is 4.74 Å². The summed E-state index contributed by atoms with van der Waals surface area (Å²) < 4.78 is 6.69. The fraction of sp³-hybridized carbons (Fsp3) is 0.0635. The Labute approximate surface area is 390 Å². The number of hydrogen-bond donors (Lipinski definition) is 0. The number of benzene rings is 9. The van der Waals surface area contributed by atoms with E-state index >= 15 is 0 Å². The van der Waals surface area contributed by atoms with Crippen molar-refractivity contribution in [1.82, 2.24) is 4.98 Å². The van der Waals surface area contributed by atoms with E-state index in [1.165, 1.54) is 27.8 Å². The van der Waals surface area contributed by atoms with Crippen LogP contribution >= 0.6 is 0 Å². The Morgan fingerprint density at radius 2 is 1.00 bits per heavy atom. The maximum absolute atomic E-state index is 6.69. The van der Waals surface area contributed by atoms with E-state index in [1.807, 2.05) is 6.07 Å². The minimum Gasteiger partial charge on any atom is -0.457 e. The summed E-state index contributed by atoms with van der Waals surface area (Å²) in [4.78, 5) is 16.2. The molecule has 13 rings (SSSR count). The second kappa shape index (κ2) is 15.6. The van der Waals surface area contributed by atoms with Gasteiger partial charge in [0.2, 0.25) is 0 Å². The molecule has 1 aliphatic carbocycles. The first kappa shape index (κ1) is 38.9. The van der Waals surface area contributed by atoms with Crippen LogP contribution in [0.4, 0.5) is 0 Å². The van der Waals surface area contributed by atoms with Gasteiger partial charge >= 0.3 is 0 Å². The molecule has 4 heteroatoms. The predicted octanol–water partition coefficient (Wildman–Crippen LogP) is 15.7. The highest BCUT2D eigenvalue weighted by Gasteiger charge is 2.51. The van der Waals surface area contributed by atoms with Crippen LogP contribution in [0.2, 0.25) is 0 Å². The van der Waals surface area contributed by atoms with Crippen molar-refractivity contribution in [3.63, 3.8) is 0 Å². The number of hydrogen-bond acceptors (Lipinski definition) is 4. The lowest BCUT2D eigenvalue weighted by molar-refractivity contribution is 0.436. The van der Waals surface area contributed by atoms with Crippen molar-refractivity contribution in [3.8, 4) is 45.0 Å². The molecule has 1 spiro atoms. The number of ether oxygens (including phenoxy) is 1. The molecule has 0 unspecified atom stereocenters. The Balaban J connectivity index is 1.02. The molecule has 0 radical (unpaired) electrons. The van der Waals surface area contributed by atoms with Crippen LogP contribution in [0, 0.1) is 0 Å². The molecule has 3 heterocycles. The molecular formula is C63H43N3O. The molecule has 0 fully saturated rings. The summed E-state index contributed by atoms with van der Waals surface area (Å²) in [6, 6.07) is 78.1. The summed E-state index contributed by atoms with van der Waals surface area (Å²) in [5, 5.41) is 3.39. The topological polar surface area (TPSA) is 46.8 Å². The number of amidine groups is 1. The van der Waals surface area contributed by atoms with Gasteiger partial charge in [0, 0.05) is 38.6 Å². The van der Waals surface area contributed by atoms with E-state index < -0.39 is 5.41 Å². The van der Waals surface area contributed by atoms with Crippen molar-refractivity contribution in [2.75, 3.05) is 0 Å². The van der Waals surface area contributed by atoms with Crippen molar-refractivity contribution in [2.45, 2.75) is 25.2 Å². The summed E-state index contributed by atoms with van der Waals surface area (Å²) in [7, 11) is 0. The lowest BCUT2D eigenvalue weighted by atomic mass is 9.66. The highest BCUT2D eigenvalue weighted by Crippen LogP contribution is 2.62. The zero-order valence-electron chi connectivity index (χ0n) is 36.9. The quantitative estimate of drug-likeness (QED) is 0.162. The fourth-order valence-electron chi connectivity index (χ4n) is 10.9. The van der Waals surface area contributed by atoms with E-state index in [4.69, 9.17) is 19.7 Å². The molecule has 0 bridgehead atoms. The van der Waals surface area contributed by atoms with E-state index in [-0.39, 0.29) is 0 Å². The number of fused-ring (bicyclic) bond motifs is 12. The Bertz CT molecular complexity index is 3670. The summed E-state index contributed by atoms with van der Waals surface area (Å²) >= 11 is 0. The molecule has 0 amide bonds. The first-order chi connectivity index (χ1) is 33.1. The molecule has 4 nitrogen and oxygen atoms in total. The van der Waals surface area contributed by atoms with Gasteiger partial charge in [-0.15, -0.1) is 0 Å². The zero-order valence-corrected chi connectivity index (χ0v) is 36.9. The number of aromatic nitrogens is 1. The van der Waals surface area contributed by atoms with E-state index in [0.717, 1.165) is 113 Å². The monoisotopic (exact) mass is 857 g/mol. The van der Waals surface area contributed by atoms with E-state index in [0.29, 0.717) is 0 Å². The highest BCUT2D eigenvalue weighted by atomic mass is 16.5. The van der Waals surface area contributed by atoms with Gasteiger partial charge in [0.25, 0.3) is 0 Å². The molecule has 3 aliphatic rings. The smallest absolute Gasteiger partial charge is 0.160 e. The first-order valence-corrected chi connectivity index (χ1v) is 23.1. The van der Waals surface area contributed by atoms with Crippen molar-refractivity contribution in [2.24, 2.45) is 9.98 Å². The number of aliphatic imine (C=N–C) groups is 2. The van der Waals surface area contributed by atoms with Gasteiger partial charge in [0.1, 0.15) is 11.5 Å². The lowest BCUT2D eigenvalue weighted by Crippen LogP contribution is -2.32. The van der Waals surface area contributed by atoms with E-state index in [1.54, 1.807) is 0 Å². The van der Waals surface area contributed by atoms with Crippen molar-refractivity contribution >= 4 is 38.9 Å². The van der Waals surface area contributed by atoms with Gasteiger partial charge in [-0.3, -0.25) is 0 Å². The SMILES string of the molecule is C/C1=C(/c2cccc(-c3ccc4nc(-c5ccccc5)c5cc6c(cc5c4c3)C3(c4ccccc4Oc4ccccc43)c3ccccc3-6)c2)N=C(c2ccccc2)N=C(c2ccccc2)CC1. The highest BCUT2D eigenvalue weighted by molar-refractivity contribution is 6.15. The van der Waals surface area contributed by atoms with Crippen molar-refractivity contribution in [3.05, 3.63) is 263 Å². The zero-order chi connectivity index (χ0) is 44.5. The molecule has 0 saturated carbocycles. The first-order valence-electron chi connectivity index (χ1n) is 23.1. The Morgan fingerprint density at radius 1 is 0.403 bits per heavy atom. The third kappa shape index (κ3) is 6.25. The second-order valence-electron chi connectivity index (χ2n) is 17.8. The number of nitrogens with zero attached hydrogens (tertiary/aromatic N) is 3. The number of allylic oxidation sites excluding steroid dienone is 1. The Hall–Kier alpha value is -8.47. The van der Waals surface area contributed by atoms with Crippen LogP contribution in [0.5, 0.6) is 11.5 Å². The van der Waals surface area contributed by atoms with Crippen LogP contribution in [0.25, 0.3) is 60.9 Å². The van der Waals surface area contributed by atoms with Crippen LogP contribution in [-0.4, -0.2) is 16.5 Å². The average molecular weight is 858 g/mol. The maximum atomic E-state index is 6.69. The third-order valence-corrected chi connectivity index (χ3v) is 14.0. The van der Waals surface area contributed by atoms with Gasteiger partial charge in [-0.05, 0) is 112 Å². The molecule has 67 heavy (non-hydrogen) atoms. The number of para-hydroxylation sites is 2. The molecule has 0 N–H and O–H groups in total. The van der Waals surface area contributed by atoms with Gasteiger partial charge in [-0.25, -0.2) is 15.0 Å². The molecule has 10 aromatic rings. The molecule has 0 saturated heterocycles.